The van der Waals surface area contributed by atoms with E-state index in [4.69, 9.17) is 16.3 Å². The van der Waals surface area contributed by atoms with Gasteiger partial charge in [0.1, 0.15) is 17.1 Å². The zero-order chi connectivity index (χ0) is 21.7. The first-order valence-electron chi connectivity index (χ1n) is 9.27. The highest BCUT2D eigenvalue weighted by Crippen LogP contribution is 2.29. The maximum absolute atomic E-state index is 12.9. The Morgan fingerprint density at radius 1 is 1.07 bits per heavy atom. The van der Waals surface area contributed by atoms with Gasteiger partial charge in [-0.15, -0.1) is 0 Å². The Labute approximate surface area is 179 Å². The van der Waals surface area contributed by atoms with Crippen LogP contribution in [0, 0.1) is 6.92 Å². The number of aromatic nitrogens is 1. The number of amides is 1. The van der Waals surface area contributed by atoms with Crippen LogP contribution in [-0.2, 0) is 4.79 Å². The maximum atomic E-state index is 12.9. The number of hydrogen-bond acceptors (Lipinski definition) is 4. The molecule has 1 amide bonds. The molecule has 7 heteroatoms. The molecule has 0 saturated heterocycles. The van der Waals surface area contributed by atoms with E-state index in [2.05, 4.69) is 10.3 Å². The molecule has 6 nitrogen and oxygen atoms in total. The molecular weight excluding hydrogens is 404 g/mol. The van der Waals surface area contributed by atoms with E-state index in [0.717, 1.165) is 11.1 Å². The fraction of sp³-hybridized carbons (Fsp3) is 0.174. The number of rotatable bonds is 7. The van der Waals surface area contributed by atoms with Gasteiger partial charge in [-0.2, -0.15) is 0 Å². The SMILES string of the molecule is COc1ccc(C(=O)NC(CC(=O)O)c2ccc(C)cc2)nc1-c1ccc(Cl)cc1. The van der Waals surface area contributed by atoms with Crippen molar-refractivity contribution in [3.63, 3.8) is 0 Å². The summed E-state index contributed by atoms with van der Waals surface area (Å²) >= 11 is 5.96. The summed E-state index contributed by atoms with van der Waals surface area (Å²) < 4.78 is 5.37. The molecule has 0 aliphatic rings. The monoisotopic (exact) mass is 424 g/mol. The minimum absolute atomic E-state index is 0.156. The highest BCUT2D eigenvalue weighted by atomic mass is 35.5. The zero-order valence-corrected chi connectivity index (χ0v) is 17.3. The third-order valence-corrected chi connectivity index (χ3v) is 4.84. The van der Waals surface area contributed by atoms with Crippen molar-refractivity contribution in [2.24, 2.45) is 0 Å². The van der Waals surface area contributed by atoms with Gasteiger partial charge in [0.2, 0.25) is 0 Å². The molecule has 2 N–H and O–H groups in total. The minimum Gasteiger partial charge on any atom is -0.494 e. The number of carboxylic acid groups (broad SMARTS) is 1. The molecule has 2 aromatic carbocycles. The first-order chi connectivity index (χ1) is 14.4. The molecule has 0 fully saturated rings. The summed E-state index contributed by atoms with van der Waals surface area (Å²) in [6.07, 6.45) is -0.241. The Bertz CT molecular complexity index is 1050. The number of nitrogens with zero attached hydrogens (tertiary/aromatic N) is 1. The van der Waals surface area contributed by atoms with Crippen LogP contribution in [0.1, 0.15) is 34.1 Å². The number of carbonyl (C=O) groups is 2. The minimum atomic E-state index is -1.01. The summed E-state index contributed by atoms with van der Waals surface area (Å²) in [7, 11) is 1.52. The van der Waals surface area contributed by atoms with E-state index in [1.54, 1.807) is 36.4 Å². The lowest BCUT2D eigenvalue weighted by Gasteiger charge is -2.18. The number of aliphatic carboxylic acids is 1. The van der Waals surface area contributed by atoms with Gasteiger partial charge in [0.15, 0.2) is 0 Å². The van der Waals surface area contributed by atoms with E-state index in [1.165, 1.54) is 7.11 Å². The van der Waals surface area contributed by atoms with Gasteiger partial charge < -0.3 is 15.2 Å². The Morgan fingerprint density at radius 3 is 2.33 bits per heavy atom. The van der Waals surface area contributed by atoms with E-state index in [-0.39, 0.29) is 12.1 Å². The smallest absolute Gasteiger partial charge is 0.305 e. The second-order valence-corrected chi connectivity index (χ2v) is 7.23. The number of halogens is 1. The second kappa shape index (κ2) is 9.41. The lowest BCUT2D eigenvalue weighted by atomic mass is 10.0. The largest absolute Gasteiger partial charge is 0.494 e. The number of benzene rings is 2. The normalized spacial score (nSPS) is 11.6. The number of methoxy groups -OCH3 is 1. The third kappa shape index (κ3) is 5.15. The summed E-state index contributed by atoms with van der Waals surface area (Å²) in [5, 5.41) is 12.6. The Hall–Kier alpha value is -3.38. The predicted molar refractivity (Wildman–Crippen MR) is 115 cm³/mol. The second-order valence-electron chi connectivity index (χ2n) is 6.79. The molecule has 1 aromatic heterocycles. The van der Waals surface area contributed by atoms with Gasteiger partial charge in [-0.1, -0.05) is 53.6 Å². The van der Waals surface area contributed by atoms with Crippen LogP contribution in [0.2, 0.25) is 5.02 Å². The van der Waals surface area contributed by atoms with Gasteiger partial charge >= 0.3 is 5.97 Å². The molecule has 0 bridgehead atoms. The quantitative estimate of drug-likeness (QED) is 0.575. The van der Waals surface area contributed by atoms with E-state index in [0.29, 0.717) is 22.0 Å². The van der Waals surface area contributed by atoms with Crippen LogP contribution in [0.3, 0.4) is 0 Å². The molecule has 0 saturated carbocycles. The highest BCUT2D eigenvalue weighted by molar-refractivity contribution is 6.30. The summed E-state index contributed by atoms with van der Waals surface area (Å²) in [4.78, 5) is 28.7. The number of nitrogens with one attached hydrogen (secondary N) is 1. The van der Waals surface area contributed by atoms with Crippen molar-refractivity contribution in [3.05, 3.63) is 82.5 Å². The number of carbonyl (C=O) groups excluding carboxylic acids is 1. The molecule has 0 radical (unpaired) electrons. The standard InChI is InChI=1S/C23H21ClN2O4/c1-14-3-5-15(6-4-14)19(13-21(27)28)26-23(29)18-11-12-20(30-2)22(25-18)16-7-9-17(24)10-8-16/h3-12,19H,13H2,1-2H3,(H,26,29)(H,27,28). The summed E-state index contributed by atoms with van der Waals surface area (Å²) in [6.45, 7) is 1.94. The zero-order valence-electron chi connectivity index (χ0n) is 16.6. The Balaban J connectivity index is 1.90. The number of aryl methyl sites for hydroxylation is 1. The lowest BCUT2D eigenvalue weighted by Crippen LogP contribution is -2.30. The van der Waals surface area contributed by atoms with Crippen molar-refractivity contribution in [2.45, 2.75) is 19.4 Å². The summed E-state index contributed by atoms with van der Waals surface area (Å²) in [6, 6.07) is 16.9. The molecule has 0 aliphatic carbocycles. The van der Waals surface area contributed by atoms with Crippen LogP contribution in [-0.4, -0.2) is 29.1 Å². The van der Waals surface area contributed by atoms with Crippen molar-refractivity contribution in [3.8, 4) is 17.0 Å². The molecule has 1 heterocycles. The van der Waals surface area contributed by atoms with Gasteiger partial charge in [0.25, 0.3) is 5.91 Å². The number of ether oxygens (including phenoxy) is 1. The number of carboxylic acids is 1. The maximum Gasteiger partial charge on any atom is 0.305 e. The Kier molecular flexibility index (Phi) is 6.69. The molecule has 0 spiro atoms. The van der Waals surface area contributed by atoms with Crippen molar-refractivity contribution >= 4 is 23.5 Å². The number of pyridine rings is 1. The third-order valence-electron chi connectivity index (χ3n) is 4.59. The van der Waals surface area contributed by atoms with Crippen molar-refractivity contribution in [2.75, 3.05) is 7.11 Å². The van der Waals surface area contributed by atoms with Crippen LogP contribution in [0.5, 0.6) is 5.75 Å². The van der Waals surface area contributed by atoms with Gasteiger partial charge in [-0.3, -0.25) is 9.59 Å². The van der Waals surface area contributed by atoms with Crippen molar-refractivity contribution < 1.29 is 19.4 Å². The first kappa shape index (κ1) is 21.3. The van der Waals surface area contributed by atoms with Crippen molar-refractivity contribution in [1.82, 2.24) is 10.3 Å². The molecular formula is C23H21ClN2O4. The van der Waals surface area contributed by atoms with Crippen LogP contribution in [0.15, 0.2) is 60.7 Å². The van der Waals surface area contributed by atoms with Crippen LogP contribution >= 0.6 is 11.6 Å². The van der Waals surface area contributed by atoms with Crippen molar-refractivity contribution in [1.29, 1.82) is 0 Å². The van der Waals surface area contributed by atoms with E-state index < -0.39 is 17.9 Å². The molecule has 1 atom stereocenters. The van der Waals surface area contributed by atoms with E-state index in [9.17, 15) is 14.7 Å². The van der Waals surface area contributed by atoms with Gasteiger partial charge in [0.05, 0.1) is 19.6 Å². The summed E-state index contributed by atoms with van der Waals surface area (Å²) in [5.74, 6) is -0.973. The Morgan fingerprint density at radius 2 is 1.73 bits per heavy atom. The van der Waals surface area contributed by atoms with E-state index >= 15 is 0 Å². The number of hydrogen-bond donors (Lipinski definition) is 2. The van der Waals surface area contributed by atoms with Crippen LogP contribution < -0.4 is 10.1 Å². The van der Waals surface area contributed by atoms with Crippen LogP contribution in [0.25, 0.3) is 11.3 Å². The van der Waals surface area contributed by atoms with Crippen LogP contribution in [0.4, 0.5) is 0 Å². The van der Waals surface area contributed by atoms with E-state index in [1.807, 2.05) is 31.2 Å². The molecule has 0 aliphatic heterocycles. The molecule has 3 rings (SSSR count). The fourth-order valence-electron chi connectivity index (χ4n) is 3.01. The molecule has 1 unspecified atom stereocenters. The molecule has 154 valence electrons. The summed E-state index contributed by atoms with van der Waals surface area (Å²) in [5.41, 5.74) is 3.15. The average molecular weight is 425 g/mol. The first-order valence-corrected chi connectivity index (χ1v) is 9.65. The highest BCUT2D eigenvalue weighted by Gasteiger charge is 2.21. The fourth-order valence-corrected chi connectivity index (χ4v) is 3.14. The van der Waals surface area contributed by atoms with Gasteiger partial charge in [0, 0.05) is 10.6 Å². The lowest BCUT2D eigenvalue weighted by molar-refractivity contribution is -0.137. The van der Waals surface area contributed by atoms with Gasteiger partial charge in [-0.25, -0.2) is 4.98 Å². The average Bonchev–Trinajstić information content (AvgIpc) is 2.73. The molecule has 3 aromatic rings. The molecule has 30 heavy (non-hydrogen) atoms. The predicted octanol–water partition coefficient (Wildman–Crippen LogP) is 4.66. The topological polar surface area (TPSA) is 88.5 Å². The van der Waals surface area contributed by atoms with Gasteiger partial charge in [-0.05, 0) is 36.8 Å².